The van der Waals surface area contributed by atoms with Gasteiger partial charge in [-0.25, -0.2) is 0 Å². The van der Waals surface area contributed by atoms with Gasteiger partial charge in [-0.2, -0.15) is 0 Å². The zero-order chi connectivity index (χ0) is 12.0. The average molecular weight is 231 g/mol. The van der Waals surface area contributed by atoms with Crippen LogP contribution >= 0.6 is 0 Å². The van der Waals surface area contributed by atoms with Crippen LogP contribution in [0.3, 0.4) is 0 Å². The summed E-state index contributed by atoms with van der Waals surface area (Å²) >= 11 is 0. The highest BCUT2D eigenvalue weighted by Gasteiger charge is 2.41. The molecule has 1 aliphatic carbocycles. The summed E-state index contributed by atoms with van der Waals surface area (Å²) in [6.45, 7) is 4.84. The van der Waals surface area contributed by atoms with Gasteiger partial charge in [0, 0.05) is 18.5 Å². The van der Waals surface area contributed by atoms with Crippen molar-refractivity contribution in [3.63, 3.8) is 0 Å². The summed E-state index contributed by atoms with van der Waals surface area (Å²) in [6, 6.07) is 6.63. The molecule has 0 saturated carbocycles. The standard InChI is InChI=1S/C15H21NO/c1-15-8-11(9-16(2)10-15)6-12-7-13(17-3)4-5-14(12)15/h4-5,7,11H,6,8-10H2,1-3H3/t11-,15+/m1/s1. The average Bonchev–Trinajstić information content (AvgIpc) is 2.26. The predicted molar refractivity (Wildman–Crippen MR) is 69.7 cm³/mol. The number of methoxy groups -OCH3 is 1. The third kappa shape index (κ3) is 1.75. The molecule has 1 aliphatic heterocycles. The molecule has 2 heteroatoms. The van der Waals surface area contributed by atoms with Crippen LogP contribution in [0.4, 0.5) is 0 Å². The number of benzene rings is 1. The molecule has 1 saturated heterocycles. The lowest BCUT2D eigenvalue weighted by Crippen LogP contribution is -2.50. The molecule has 1 fully saturated rings. The highest BCUT2D eigenvalue weighted by molar-refractivity contribution is 5.43. The number of likely N-dealkylation sites (tertiary alicyclic amines) is 1. The molecule has 0 radical (unpaired) electrons. The maximum Gasteiger partial charge on any atom is 0.119 e. The molecule has 2 aliphatic rings. The Bertz CT molecular complexity index is 443. The number of likely N-dealkylation sites (N-methyl/N-ethyl adjacent to an activating group) is 1. The Balaban J connectivity index is 2.06. The number of hydrogen-bond donors (Lipinski definition) is 0. The first kappa shape index (κ1) is 11.1. The van der Waals surface area contributed by atoms with Crippen LogP contribution in [0.25, 0.3) is 0 Å². The molecule has 0 N–H and O–H groups in total. The zero-order valence-corrected chi connectivity index (χ0v) is 11.0. The molecule has 0 unspecified atom stereocenters. The van der Waals surface area contributed by atoms with Crippen molar-refractivity contribution in [1.29, 1.82) is 0 Å². The summed E-state index contributed by atoms with van der Waals surface area (Å²) in [5.74, 6) is 1.82. The largest absolute Gasteiger partial charge is 0.497 e. The van der Waals surface area contributed by atoms with Crippen molar-refractivity contribution in [1.82, 2.24) is 4.90 Å². The van der Waals surface area contributed by atoms with E-state index in [1.807, 2.05) is 0 Å². The van der Waals surface area contributed by atoms with Crippen LogP contribution in [0, 0.1) is 5.92 Å². The van der Waals surface area contributed by atoms with E-state index in [4.69, 9.17) is 4.74 Å². The summed E-state index contributed by atoms with van der Waals surface area (Å²) in [5.41, 5.74) is 3.40. The first-order valence-corrected chi connectivity index (χ1v) is 6.47. The summed E-state index contributed by atoms with van der Waals surface area (Å²) in [4.78, 5) is 2.49. The second-order valence-electron chi connectivity index (χ2n) is 6.05. The Morgan fingerprint density at radius 1 is 1.41 bits per heavy atom. The van der Waals surface area contributed by atoms with Crippen molar-refractivity contribution in [2.24, 2.45) is 5.92 Å². The van der Waals surface area contributed by atoms with E-state index in [-0.39, 0.29) is 0 Å². The normalized spacial score (nSPS) is 32.1. The van der Waals surface area contributed by atoms with Crippen LogP contribution in [-0.4, -0.2) is 32.1 Å². The fourth-order valence-corrected chi connectivity index (χ4v) is 3.96. The first-order valence-electron chi connectivity index (χ1n) is 6.47. The lowest BCUT2D eigenvalue weighted by molar-refractivity contribution is 0.120. The Labute approximate surface area is 104 Å². The second-order valence-corrected chi connectivity index (χ2v) is 6.05. The number of hydrogen-bond acceptors (Lipinski definition) is 2. The van der Waals surface area contributed by atoms with Crippen LogP contribution in [0.1, 0.15) is 24.5 Å². The highest BCUT2D eigenvalue weighted by atomic mass is 16.5. The third-order valence-corrected chi connectivity index (χ3v) is 4.40. The van der Waals surface area contributed by atoms with E-state index < -0.39 is 0 Å². The van der Waals surface area contributed by atoms with Crippen molar-refractivity contribution in [3.05, 3.63) is 29.3 Å². The van der Waals surface area contributed by atoms with Gasteiger partial charge in [0.1, 0.15) is 5.75 Å². The Morgan fingerprint density at radius 2 is 2.24 bits per heavy atom. The molecule has 0 spiro atoms. The van der Waals surface area contributed by atoms with E-state index >= 15 is 0 Å². The van der Waals surface area contributed by atoms with Crippen molar-refractivity contribution < 1.29 is 4.74 Å². The van der Waals surface area contributed by atoms with Crippen LogP contribution in [0.2, 0.25) is 0 Å². The Hall–Kier alpha value is -1.02. The minimum Gasteiger partial charge on any atom is -0.497 e. The number of ether oxygens (including phenoxy) is 1. The molecule has 2 atom stereocenters. The molecule has 3 rings (SSSR count). The van der Waals surface area contributed by atoms with Crippen molar-refractivity contribution in [2.45, 2.75) is 25.2 Å². The maximum atomic E-state index is 5.35. The van der Waals surface area contributed by atoms with Gasteiger partial charge in [0.05, 0.1) is 7.11 Å². The predicted octanol–water partition coefficient (Wildman–Crippen LogP) is 2.46. The summed E-state index contributed by atoms with van der Waals surface area (Å²) < 4.78 is 5.35. The molecule has 0 aromatic heterocycles. The molecule has 1 heterocycles. The molecule has 17 heavy (non-hydrogen) atoms. The quantitative estimate of drug-likeness (QED) is 0.736. The van der Waals surface area contributed by atoms with Gasteiger partial charge < -0.3 is 9.64 Å². The molecular weight excluding hydrogens is 210 g/mol. The van der Waals surface area contributed by atoms with Gasteiger partial charge in [0.2, 0.25) is 0 Å². The van der Waals surface area contributed by atoms with Crippen LogP contribution < -0.4 is 4.74 Å². The minimum absolute atomic E-state index is 0.345. The van der Waals surface area contributed by atoms with Gasteiger partial charge in [-0.05, 0) is 49.1 Å². The third-order valence-electron chi connectivity index (χ3n) is 4.40. The lowest BCUT2D eigenvalue weighted by atomic mass is 9.65. The topological polar surface area (TPSA) is 12.5 Å². The molecule has 92 valence electrons. The fourth-order valence-electron chi connectivity index (χ4n) is 3.96. The SMILES string of the molecule is COc1ccc2c(c1)C[C@H]1CN(C)C[C@]2(C)C1. The minimum atomic E-state index is 0.345. The van der Waals surface area contributed by atoms with E-state index in [1.54, 1.807) is 12.7 Å². The van der Waals surface area contributed by atoms with E-state index in [0.29, 0.717) is 5.41 Å². The molecule has 0 amide bonds. The van der Waals surface area contributed by atoms with Gasteiger partial charge in [-0.1, -0.05) is 13.0 Å². The monoisotopic (exact) mass is 231 g/mol. The number of piperidine rings is 1. The van der Waals surface area contributed by atoms with Crippen LogP contribution in [0.5, 0.6) is 5.75 Å². The van der Waals surface area contributed by atoms with Gasteiger partial charge >= 0.3 is 0 Å². The fraction of sp³-hybridized carbons (Fsp3) is 0.600. The van der Waals surface area contributed by atoms with Crippen LogP contribution in [-0.2, 0) is 11.8 Å². The van der Waals surface area contributed by atoms with Gasteiger partial charge in [0.25, 0.3) is 0 Å². The van der Waals surface area contributed by atoms with Gasteiger partial charge in [0.15, 0.2) is 0 Å². The molecule has 2 nitrogen and oxygen atoms in total. The summed E-state index contributed by atoms with van der Waals surface area (Å²) in [5, 5.41) is 0. The molecular formula is C15H21NO. The van der Waals surface area contributed by atoms with Gasteiger partial charge in [-0.3, -0.25) is 0 Å². The van der Waals surface area contributed by atoms with Crippen molar-refractivity contribution in [2.75, 3.05) is 27.2 Å². The summed E-state index contributed by atoms with van der Waals surface area (Å²) in [7, 11) is 4.00. The Morgan fingerprint density at radius 3 is 3.00 bits per heavy atom. The molecule has 1 aromatic rings. The van der Waals surface area contributed by atoms with Crippen molar-refractivity contribution in [3.8, 4) is 5.75 Å². The van der Waals surface area contributed by atoms with Gasteiger partial charge in [-0.15, -0.1) is 0 Å². The second kappa shape index (κ2) is 3.74. The molecule has 2 bridgehead atoms. The number of nitrogens with zero attached hydrogens (tertiary/aromatic N) is 1. The maximum absolute atomic E-state index is 5.35. The van der Waals surface area contributed by atoms with Crippen LogP contribution in [0.15, 0.2) is 18.2 Å². The smallest absolute Gasteiger partial charge is 0.119 e. The first-order chi connectivity index (χ1) is 8.10. The zero-order valence-electron chi connectivity index (χ0n) is 11.0. The van der Waals surface area contributed by atoms with E-state index in [1.165, 1.54) is 31.5 Å². The van der Waals surface area contributed by atoms with Crippen molar-refractivity contribution >= 4 is 0 Å². The number of fused-ring (bicyclic) bond motifs is 4. The lowest BCUT2D eigenvalue weighted by Gasteiger charge is -2.48. The summed E-state index contributed by atoms with van der Waals surface area (Å²) in [6.07, 6.45) is 2.56. The van der Waals surface area contributed by atoms with E-state index in [2.05, 4.69) is 37.1 Å². The van der Waals surface area contributed by atoms with E-state index in [9.17, 15) is 0 Å². The number of rotatable bonds is 1. The highest BCUT2D eigenvalue weighted by Crippen LogP contribution is 2.44. The molecule has 1 aromatic carbocycles. The Kier molecular flexibility index (Phi) is 2.44. The van der Waals surface area contributed by atoms with E-state index in [0.717, 1.165) is 11.7 Å².